The summed E-state index contributed by atoms with van der Waals surface area (Å²) >= 11 is 18.0. The molecule has 0 aliphatic carbocycles. The Bertz CT molecular complexity index is 762. The molecule has 0 bridgehead atoms. The molecule has 120 valence electrons. The first kappa shape index (κ1) is 17.6. The van der Waals surface area contributed by atoms with E-state index in [-0.39, 0.29) is 27.2 Å². The van der Waals surface area contributed by atoms with E-state index in [2.05, 4.69) is 5.32 Å². The number of anilines is 1. The Kier molecular flexibility index (Phi) is 5.88. The van der Waals surface area contributed by atoms with E-state index >= 15 is 0 Å². The summed E-state index contributed by atoms with van der Waals surface area (Å²) in [6.45, 7) is 1.98. The van der Waals surface area contributed by atoms with Gasteiger partial charge in [0.1, 0.15) is 0 Å². The molecule has 4 nitrogen and oxygen atoms in total. The molecule has 0 atom stereocenters. The molecule has 23 heavy (non-hydrogen) atoms. The van der Waals surface area contributed by atoms with Gasteiger partial charge in [0.15, 0.2) is 0 Å². The van der Waals surface area contributed by atoms with E-state index in [1.807, 2.05) is 0 Å². The maximum Gasteiger partial charge on any atom is 0.338 e. The Hall–Kier alpha value is -1.75. The van der Waals surface area contributed by atoms with Gasteiger partial charge in [0.2, 0.25) is 0 Å². The van der Waals surface area contributed by atoms with Gasteiger partial charge < -0.3 is 10.1 Å². The molecule has 2 aromatic rings. The topological polar surface area (TPSA) is 55.4 Å². The lowest BCUT2D eigenvalue weighted by Crippen LogP contribution is -2.13. The van der Waals surface area contributed by atoms with Crippen LogP contribution in [0.5, 0.6) is 0 Å². The van der Waals surface area contributed by atoms with Crippen molar-refractivity contribution < 1.29 is 14.3 Å². The lowest BCUT2D eigenvalue weighted by Gasteiger charge is -2.10. The Balaban J connectivity index is 2.22. The minimum atomic E-state index is -0.481. The Morgan fingerprint density at radius 3 is 2.48 bits per heavy atom. The van der Waals surface area contributed by atoms with Crippen LogP contribution in [0.4, 0.5) is 5.69 Å². The van der Waals surface area contributed by atoms with Crippen LogP contribution < -0.4 is 5.32 Å². The van der Waals surface area contributed by atoms with Crippen molar-refractivity contribution in [1.82, 2.24) is 0 Å². The normalized spacial score (nSPS) is 10.3. The number of hydrogen-bond acceptors (Lipinski definition) is 3. The summed E-state index contributed by atoms with van der Waals surface area (Å²) in [6.07, 6.45) is 0. The molecule has 0 aliphatic heterocycles. The number of nitrogens with one attached hydrogen (secondary N) is 1. The number of carbonyl (C=O) groups is 2. The van der Waals surface area contributed by atoms with Crippen molar-refractivity contribution in [1.29, 1.82) is 0 Å². The van der Waals surface area contributed by atoms with Gasteiger partial charge in [-0.05, 0) is 37.3 Å². The molecule has 7 heteroatoms. The molecular weight excluding hydrogens is 361 g/mol. The van der Waals surface area contributed by atoms with Crippen LogP contribution in [0.15, 0.2) is 36.4 Å². The summed E-state index contributed by atoms with van der Waals surface area (Å²) < 4.78 is 4.89. The van der Waals surface area contributed by atoms with E-state index in [1.54, 1.807) is 25.1 Å². The van der Waals surface area contributed by atoms with Crippen LogP contribution in [0, 0.1) is 0 Å². The average Bonchev–Trinajstić information content (AvgIpc) is 2.52. The minimum Gasteiger partial charge on any atom is -0.462 e. The summed E-state index contributed by atoms with van der Waals surface area (Å²) in [5, 5.41) is 3.28. The lowest BCUT2D eigenvalue weighted by molar-refractivity contribution is 0.0526. The second-order valence-corrected chi connectivity index (χ2v) is 5.66. The van der Waals surface area contributed by atoms with Gasteiger partial charge in [-0.2, -0.15) is 0 Å². The zero-order chi connectivity index (χ0) is 17.0. The van der Waals surface area contributed by atoms with Gasteiger partial charge in [-0.3, -0.25) is 4.79 Å². The summed E-state index contributed by atoms with van der Waals surface area (Å²) in [5.41, 5.74) is 0.876. The second-order valence-electron chi connectivity index (χ2n) is 4.47. The second kappa shape index (κ2) is 7.68. The molecule has 1 amide bonds. The molecule has 2 aromatic carbocycles. The fraction of sp³-hybridized carbons (Fsp3) is 0.125. The van der Waals surface area contributed by atoms with Crippen molar-refractivity contribution in [2.75, 3.05) is 11.9 Å². The van der Waals surface area contributed by atoms with E-state index in [0.717, 1.165) is 0 Å². The predicted octanol–water partition coefficient (Wildman–Crippen LogP) is 5.08. The maximum atomic E-state index is 12.3. The third-order valence-electron chi connectivity index (χ3n) is 2.92. The van der Waals surface area contributed by atoms with E-state index in [1.165, 1.54) is 18.2 Å². The number of amides is 1. The number of ether oxygens (including phenoxy) is 1. The molecule has 0 aliphatic rings. The summed E-state index contributed by atoms with van der Waals surface area (Å²) in [4.78, 5) is 23.9. The smallest absolute Gasteiger partial charge is 0.338 e. The number of benzene rings is 2. The monoisotopic (exact) mass is 371 g/mol. The van der Waals surface area contributed by atoms with E-state index in [4.69, 9.17) is 39.5 Å². The molecule has 0 fully saturated rings. The van der Waals surface area contributed by atoms with Crippen molar-refractivity contribution >= 4 is 52.4 Å². The van der Waals surface area contributed by atoms with Gasteiger partial charge in [0, 0.05) is 0 Å². The van der Waals surface area contributed by atoms with Gasteiger partial charge in [-0.1, -0.05) is 40.9 Å². The van der Waals surface area contributed by atoms with Gasteiger partial charge >= 0.3 is 5.97 Å². The Morgan fingerprint density at radius 2 is 1.83 bits per heavy atom. The van der Waals surface area contributed by atoms with Gasteiger partial charge in [-0.15, -0.1) is 0 Å². The first-order chi connectivity index (χ1) is 10.9. The molecule has 0 spiro atoms. The van der Waals surface area contributed by atoms with Crippen LogP contribution >= 0.6 is 34.8 Å². The van der Waals surface area contributed by atoms with Crippen LogP contribution in [-0.4, -0.2) is 18.5 Å². The van der Waals surface area contributed by atoms with Crippen molar-refractivity contribution in [3.8, 4) is 0 Å². The van der Waals surface area contributed by atoms with Gasteiger partial charge in [0.05, 0.1) is 38.5 Å². The highest BCUT2D eigenvalue weighted by Gasteiger charge is 2.15. The van der Waals surface area contributed by atoms with Crippen LogP contribution in [0.3, 0.4) is 0 Å². The number of rotatable bonds is 4. The summed E-state index contributed by atoms with van der Waals surface area (Å²) in [7, 11) is 0. The van der Waals surface area contributed by atoms with Gasteiger partial charge in [0.25, 0.3) is 5.91 Å². The molecule has 0 aromatic heterocycles. The molecular formula is C16H12Cl3NO3. The van der Waals surface area contributed by atoms with Crippen molar-refractivity contribution in [3.63, 3.8) is 0 Å². The highest BCUT2D eigenvalue weighted by molar-refractivity contribution is 6.44. The molecule has 2 rings (SSSR count). The Morgan fingerprint density at radius 1 is 1.09 bits per heavy atom. The molecule has 0 saturated carbocycles. The zero-order valence-corrected chi connectivity index (χ0v) is 14.3. The summed E-state index contributed by atoms with van der Waals surface area (Å²) in [5.74, 6) is -0.937. The van der Waals surface area contributed by atoms with Crippen molar-refractivity contribution in [3.05, 3.63) is 62.6 Å². The molecule has 0 unspecified atom stereocenters. The standard InChI is InChI=1S/C16H12Cl3NO3/c1-2-23-16(22)9-6-7-13(12(18)8-9)20-15(21)10-4-3-5-11(17)14(10)19/h3-8H,2H2,1H3,(H,20,21). The first-order valence-corrected chi connectivity index (χ1v) is 7.79. The largest absolute Gasteiger partial charge is 0.462 e. The van der Waals surface area contributed by atoms with Crippen molar-refractivity contribution in [2.45, 2.75) is 6.92 Å². The van der Waals surface area contributed by atoms with Crippen molar-refractivity contribution in [2.24, 2.45) is 0 Å². The number of hydrogen-bond donors (Lipinski definition) is 1. The van der Waals surface area contributed by atoms with Crippen LogP contribution in [0.1, 0.15) is 27.6 Å². The fourth-order valence-electron chi connectivity index (χ4n) is 1.83. The lowest BCUT2D eigenvalue weighted by atomic mass is 10.1. The third-order valence-corrected chi connectivity index (χ3v) is 4.06. The zero-order valence-electron chi connectivity index (χ0n) is 12.0. The quantitative estimate of drug-likeness (QED) is 0.762. The van der Waals surface area contributed by atoms with E-state index in [9.17, 15) is 9.59 Å². The SMILES string of the molecule is CCOC(=O)c1ccc(NC(=O)c2cccc(Cl)c2Cl)c(Cl)c1. The highest BCUT2D eigenvalue weighted by Crippen LogP contribution is 2.28. The Labute approximate surface area is 148 Å². The third kappa shape index (κ3) is 4.16. The fourth-order valence-corrected chi connectivity index (χ4v) is 2.44. The van der Waals surface area contributed by atoms with Crippen LogP contribution in [0.2, 0.25) is 15.1 Å². The van der Waals surface area contributed by atoms with Crippen LogP contribution in [0.25, 0.3) is 0 Å². The predicted molar refractivity (Wildman–Crippen MR) is 91.8 cm³/mol. The highest BCUT2D eigenvalue weighted by atomic mass is 35.5. The van der Waals surface area contributed by atoms with E-state index in [0.29, 0.717) is 11.3 Å². The number of esters is 1. The van der Waals surface area contributed by atoms with Gasteiger partial charge in [-0.25, -0.2) is 4.79 Å². The average molecular weight is 373 g/mol. The number of halogens is 3. The van der Waals surface area contributed by atoms with E-state index < -0.39 is 11.9 Å². The maximum absolute atomic E-state index is 12.3. The van der Waals surface area contributed by atoms with Crippen LogP contribution in [-0.2, 0) is 4.74 Å². The summed E-state index contributed by atoms with van der Waals surface area (Å²) in [6, 6.07) is 9.21. The molecule has 0 heterocycles. The molecule has 0 radical (unpaired) electrons. The minimum absolute atomic E-state index is 0.158. The number of carbonyl (C=O) groups excluding carboxylic acids is 2. The molecule has 0 saturated heterocycles. The molecule has 1 N–H and O–H groups in total. The first-order valence-electron chi connectivity index (χ1n) is 6.66.